The fraction of sp³-hybridized carbons (Fsp3) is 0.565. The van der Waals surface area contributed by atoms with Crippen molar-refractivity contribution >= 4 is 12.0 Å². The van der Waals surface area contributed by atoms with E-state index in [4.69, 9.17) is 18.9 Å². The van der Waals surface area contributed by atoms with Gasteiger partial charge >= 0.3 is 12.0 Å². The third kappa shape index (κ3) is 4.74. The molecular weight excluding hydrogens is 414 g/mol. The van der Waals surface area contributed by atoms with E-state index in [1.807, 2.05) is 31.2 Å². The van der Waals surface area contributed by atoms with Crippen LogP contribution >= 0.6 is 0 Å². The molecular formula is C23H31N3O6. The Morgan fingerprint density at radius 2 is 1.88 bits per heavy atom. The second-order valence-corrected chi connectivity index (χ2v) is 8.00. The van der Waals surface area contributed by atoms with Crippen LogP contribution in [0.25, 0.3) is 0 Å². The number of para-hydroxylation sites is 1. The lowest BCUT2D eigenvalue weighted by Crippen LogP contribution is -2.51. The lowest BCUT2D eigenvalue weighted by Gasteiger charge is -2.39. The molecule has 3 aliphatic heterocycles. The summed E-state index contributed by atoms with van der Waals surface area (Å²) >= 11 is 0. The van der Waals surface area contributed by atoms with Gasteiger partial charge in [-0.1, -0.05) is 18.2 Å². The number of hydrogen-bond donors (Lipinski definition) is 2. The Bertz CT molecular complexity index is 870. The molecule has 4 rings (SSSR count). The molecule has 0 unspecified atom stereocenters. The molecule has 0 bridgehead atoms. The summed E-state index contributed by atoms with van der Waals surface area (Å²) in [7, 11) is 0. The predicted octanol–water partition coefficient (Wildman–Crippen LogP) is 2.10. The third-order valence-electron chi connectivity index (χ3n) is 5.99. The minimum absolute atomic E-state index is 0.240. The van der Waals surface area contributed by atoms with Gasteiger partial charge < -0.3 is 29.6 Å². The molecule has 2 N–H and O–H groups in total. The van der Waals surface area contributed by atoms with Crippen molar-refractivity contribution in [3.63, 3.8) is 0 Å². The van der Waals surface area contributed by atoms with Crippen LogP contribution in [0.3, 0.4) is 0 Å². The van der Waals surface area contributed by atoms with Crippen LogP contribution in [0, 0.1) is 0 Å². The summed E-state index contributed by atoms with van der Waals surface area (Å²) in [6.07, 6.45) is 1.50. The molecule has 0 radical (unpaired) electrons. The number of esters is 1. The second-order valence-electron chi connectivity index (χ2n) is 8.00. The maximum absolute atomic E-state index is 13.0. The number of urea groups is 1. The van der Waals surface area contributed by atoms with E-state index < -0.39 is 17.8 Å². The Labute approximate surface area is 188 Å². The van der Waals surface area contributed by atoms with Crippen molar-refractivity contribution in [3.8, 4) is 5.75 Å². The molecule has 2 fully saturated rings. The van der Waals surface area contributed by atoms with Gasteiger partial charge in [-0.05, 0) is 19.9 Å². The van der Waals surface area contributed by atoms with Crippen molar-refractivity contribution in [1.82, 2.24) is 15.5 Å². The van der Waals surface area contributed by atoms with E-state index in [1.165, 1.54) is 0 Å². The summed E-state index contributed by atoms with van der Waals surface area (Å²) in [6, 6.07) is 6.39. The van der Waals surface area contributed by atoms with E-state index in [9.17, 15) is 9.59 Å². The highest BCUT2D eigenvalue weighted by Gasteiger charge is 2.41. The molecule has 1 aromatic rings. The highest BCUT2D eigenvalue weighted by molar-refractivity contribution is 5.95. The SMILES string of the molecule is CCOC(=O)C1=C(CN2CCC3(CC2)OCCO3)NC(=O)N[C@@H]1c1ccccc1OCC. The molecule has 1 aromatic carbocycles. The number of ether oxygens (including phenoxy) is 4. The average molecular weight is 446 g/mol. The first-order valence-electron chi connectivity index (χ1n) is 11.2. The van der Waals surface area contributed by atoms with E-state index in [0.29, 0.717) is 43.4 Å². The summed E-state index contributed by atoms with van der Waals surface area (Å²) in [5.41, 5.74) is 1.66. The number of amides is 2. The lowest BCUT2D eigenvalue weighted by atomic mass is 9.93. The van der Waals surface area contributed by atoms with E-state index in [1.54, 1.807) is 6.92 Å². The van der Waals surface area contributed by atoms with Crippen molar-refractivity contribution in [2.45, 2.75) is 38.5 Å². The molecule has 0 aliphatic carbocycles. The predicted molar refractivity (Wildman–Crippen MR) is 116 cm³/mol. The highest BCUT2D eigenvalue weighted by atomic mass is 16.7. The maximum Gasteiger partial charge on any atom is 0.338 e. The number of carbonyl (C=O) groups excluding carboxylic acids is 2. The Morgan fingerprint density at radius 1 is 1.16 bits per heavy atom. The molecule has 2 amide bonds. The van der Waals surface area contributed by atoms with Crippen LogP contribution in [0.4, 0.5) is 4.79 Å². The molecule has 32 heavy (non-hydrogen) atoms. The third-order valence-corrected chi connectivity index (χ3v) is 5.99. The van der Waals surface area contributed by atoms with E-state index >= 15 is 0 Å². The van der Waals surface area contributed by atoms with Gasteiger partial charge in [-0.2, -0.15) is 0 Å². The standard InChI is InChI=1S/C23H31N3O6/c1-3-29-18-8-6-5-7-16(18)20-19(21(27)30-4-2)17(24-22(28)25-20)15-26-11-9-23(10-12-26)31-13-14-32-23/h5-8,20H,3-4,9-15H2,1-2H3,(H2,24,25,28)/t20-/m1/s1. The first kappa shape index (κ1) is 22.6. The van der Waals surface area contributed by atoms with Gasteiger partial charge in [0.2, 0.25) is 0 Å². The number of carbonyl (C=O) groups is 2. The van der Waals surface area contributed by atoms with Crippen molar-refractivity contribution in [1.29, 1.82) is 0 Å². The van der Waals surface area contributed by atoms with Gasteiger partial charge in [-0.3, -0.25) is 4.90 Å². The Morgan fingerprint density at radius 3 is 2.56 bits per heavy atom. The van der Waals surface area contributed by atoms with Crippen molar-refractivity contribution in [2.24, 2.45) is 0 Å². The molecule has 3 aliphatic rings. The van der Waals surface area contributed by atoms with E-state index in [-0.39, 0.29) is 12.6 Å². The number of piperidine rings is 1. The number of likely N-dealkylation sites (tertiary alicyclic amines) is 1. The van der Waals surface area contributed by atoms with Crippen molar-refractivity contribution in [2.75, 3.05) is 46.1 Å². The molecule has 1 spiro atoms. The molecule has 3 heterocycles. The maximum atomic E-state index is 13.0. The minimum Gasteiger partial charge on any atom is -0.494 e. The van der Waals surface area contributed by atoms with Crippen LogP contribution in [-0.2, 0) is 19.0 Å². The molecule has 0 aromatic heterocycles. The quantitative estimate of drug-likeness (QED) is 0.620. The van der Waals surface area contributed by atoms with Gasteiger partial charge in [0.15, 0.2) is 5.79 Å². The van der Waals surface area contributed by atoms with Crippen LogP contribution < -0.4 is 15.4 Å². The van der Waals surface area contributed by atoms with Gasteiger partial charge in [0.1, 0.15) is 5.75 Å². The summed E-state index contributed by atoms with van der Waals surface area (Å²) in [5.74, 6) is -0.313. The molecule has 2 saturated heterocycles. The highest BCUT2D eigenvalue weighted by Crippen LogP contribution is 2.35. The fourth-order valence-electron chi connectivity index (χ4n) is 4.49. The average Bonchev–Trinajstić information content (AvgIpc) is 3.24. The van der Waals surface area contributed by atoms with E-state index in [2.05, 4.69) is 15.5 Å². The van der Waals surface area contributed by atoms with Crippen LogP contribution in [0.5, 0.6) is 5.75 Å². The molecule has 9 nitrogen and oxygen atoms in total. The van der Waals surface area contributed by atoms with Crippen molar-refractivity contribution < 1.29 is 28.5 Å². The van der Waals surface area contributed by atoms with Crippen molar-refractivity contribution in [3.05, 3.63) is 41.1 Å². The Balaban J connectivity index is 1.63. The number of hydrogen-bond acceptors (Lipinski definition) is 7. The normalized spacial score (nSPS) is 23.1. The van der Waals surface area contributed by atoms with Crippen LogP contribution in [-0.4, -0.2) is 68.7 Å². The Kier molecular flexibility index (Phi) is 6.98. The molecule has 1 atom stereocenters. The minimum atomic E-state index is -0.668. The van der Waals surface area contributed by atoms with Gasteiger partial charge in [0, 0.05) is 43.7 Å². The van der Waals surface area contributed by atoms with Crippen LogP contribution in [0.15, 0.2) is 35.5 Å². The van der Waals surface area contributed by atoms with Crippen LogP contribution in [0.2, 0.25) is 0 Å². The van der Waals surface area contributed by atoms with E-state index in [0.717, 1.165) is 31.5 Å². The Hall–Kier alpha value is -2.62. The summed E-state index contributed by atoms with van der Waals surface area (Å²) in [4.78, 5) is 27.8. The molecule has 174 valence electrons. The zero-order chi connectivity index (χ0) is 22.6. The zero-order valence-electron chi connectivity index (χ0n) is 18.6. The van der Waals surface area contributed by atoms with Crippen LogP contribution in [0.1, 0.15) is 38.3 Å². The molecule has 9 heteroatoms. The summed E-state index contributed by atoms with van der Waals surface area (Å²) < 4.78 is 22.8. The lowest BCUT2D eigenvalue weighted by molar-refractivity contribution is -0.184. The van der Waals surface area contributed by atoms with Gasteiger partial charge in [0.05, 0.1) is 38.0 Å². The first-order valence-corrected chi connectivity index (χ1v) is 11.2. The smallest absolute Gasteiger partial charge is 0.338 e. The number of nitrogens with zero attached hydrogens (tertiary/aromatic N) is 1. The topological polar surface area (TPSA) is 98.4 Å². The number of rotatable bonds is 7. The van der Waals surface area contributed by atoms with Gasteiger partial charge in [-0.25, -0.2) is 9.59 Å². The number of benzene rings is 1. The zero-order valence-corrected chi connectivity index (χ0v) is 18.6. The first-order chi connectivity index (χ1) is 15.5. The summed E-state index contributed by atoms with van der Waals surface area (Å²) in [6.45, 7) is 7.53. The largest absolute Gasteiger partial charge is 0.494 e. The fourth-order valence-corrected chi connectivity index (χ4v) is 4.49. The summed E-state index contributed by atoms with van der Waals surface area (Å²) in [5, 5.41) is 5.73. The monoisotopic (exact) mass is 445 g/mol. The second kappa shape index (κ2) is 9.89. The molecule has 0 saturated carbocycles. The number of nitrogens with one attached hydrogen (secondary N) is 2. The van der Waals surface area contributed by atoms with Gasteiger partial charge in [0.25, 0.3) is 0 Å². The van der Waals surface area contributed by atoms with Gasteiger partial charge in [-0.15, -0.1) is 0 Å².